The number of hydrogen-bond donors (Lipinski definition) is 1. The predicted molar refractivity (Wildman–Crippen MR) is 123 cm³/mol. The third-order valence-electron chi connectivity index (χ3n) is 6.62. The van der Waals surface area contributed by atoms with Crippen molar-refractivity contribution in [3.8, 4) is 5.75 Å². The van der Waals surface area contributed by atoms with E-state index in [4.69, 9.17) is 4.74 Å². The quantitative estimate of drug-likeness (QED) is 0.656. The van der Waals surface area contributed by atoms with E-state index in [1.54, 1.807) is 47.4 Å². The van der Waals surface area contributed by atoms with Crippen molar-refractivity contribution in [2.45, 2.75) is 24.4 Å². The Kier molecular flexibility index (Phi) is 5.56. The van der Waals surface area contributed by atoms with Gasteiger partial charge < -0.3 is 19.6 Å². The average molecular weight is 444 g/mol. The number of aliphatic hydroxyl groups is 1. The highest BCUT2D eigenvalue weighted by Crippen LogP contribution is 2.48. The Bertz CT molecular complexity index is 1170. The van der Waals surface area contributed by atoms with Crippen LogP contribution in [0.4, 0.5) is 5.69 Å². The summed E-state index contributed by atoms with van der Waals surface area (Å²) in [6.07, 6.45) is 1.83. The van der Waals surface area contributed by atoms with E-state index in [9.17, 15) is 14.7 Å². The van der Waals surface area contributed by atoms with Crippen LogP contribution in [0.1, 0.15) is 27.5 Å². The molecule has 1 aromatic heterocycles. The van der Waals surface area contributed by atoms with Crippen LogP contribution in [-0.2, 0) is 11.2 Å². The lowest BCUT2D eigenvalue weighted by Gasteiger charge is -2.59. The number of amides is 2. The Morgan fingerprint density at radius 1 is 1.06 bits per heavy atom. The molecule has 0 unspecified atom stereocenters. The van der Waals surface area contributed by atoms with E-state index < -0.39 is 0 Å². The Morgan fingerprint density at radius 3 is 2.52 bits per heavy atom. The molecule has 7 nitrogen and oxygen atoms in total. The molecule has 3 aromatic rings. The number of nitrogens with zero attached hydrogens (tertiary/aromatic N) is 3. The number of pyridine rings is 1. The summed E-state index contributed by atoms with van der Waals surface area (Å²) >= 11 is 0. The van der Waals surface area contributed by atoms with Crippen LogP contribution in [-0.4, -0.2) is 59.1 Å². The zero-order valence-corrected chi connectivity index (χ0v) is 18.3. The summed E-state index contributed by atoms with van der Waals surface area (Å²) in [5.41, 5.74) is 3.05. The minimum absolute atomic E-state index is 0.0150. The van der Waals surface area contributed by atoms with Gasteiger partial charge in [-0.25, -0.2) is 0 Å². The maximum atomic E-state index is 13.5. The van der Waals surface area contributed by atoms with Gasteiger partial charge in [-0.05, 0) is 48.0 Å². The van der Waals surface area contributed by atoms with Crippen molar-refractivity contribution in [1.82, 2.24) is 9.88 Å². The highest BCUT2D eigenvalue weighted by molar-refractivity contribution is 6.07. The number of methoxy groups -OCH3 is 1. The first kappa shape index (κ1) is 21.2. The fourth-order valence-electron chi connectivity index (χ4n) is 5.07. The van der Waals surface area contributed by atoms with E-state index in [2.05, 4.69) is 4.98 Å². The van der Waals surface area contributed by atoms with Crippen molar-refractivity contribution in [1.29, 1.82) is 0 Å². The molecule has 0 aliphatic carbocycles. The number of aliphatic hydroxyl groups excluding tert-OH is 1. The van der Waals surface area contributed by atoms with Crippen LogP contribution in [0.2, 0.25) is 0 Å². The van der Waals surface area contributed by atoms with Crippen molar-refractivity contribution in [3.63, 3.8) is 0 Å². The third-order valence-corrected chi connectivity index (χ3v) is 6.62. The van der Waals surface area contributed by atoms with Crippen LogP contribution in [0.25, 0.3) is 0 Å². The lowest BCUT2D eigenvalue weighted by atomic mass is 9.71. The second kappa shape index (κ2) is 8.67. The number of para-hydroxylation sites is 1. The van der Waals surface area contributed by atoms with Gasteiger partial charge in [0, 0.05) is 35.6 Å². The molecule has 0 saturated carbocycles. The summed E-state index contributed by atoms with van der Waals surface area (Å²) in [6.45, 7) is 0.243. The van der Waals surface area contributed by atoms with Gasteiger partial charge in [-0.2, -0.15) is 0 Å². The molecule has 168 valence electrons. The van der Waals surface area contributed by atoms with E-state index in [0.717, 1.165) is 11.3 Å². The molecule has 3 heterocycles. The van der Waals surface area contributed by atoms with Crippen molar-refractivity contribution < 1.29 is 19.4 Å². The lowest BCUT2D eigenvalue weighted by molar-refractivity contribution is -0.149. The molecule has 3 atom stereocenters. The number of fused-ring (bicyclic) bond motifs is 3. The summed E-state index contributed by atoms with van der Waals surface area (Å²) in [4.78, 5) is 34.4. The molecule has 1 saturated heterocycles. The number of ether oxygens (including phenoxy) is 1. The average Bonchev–Trinajstić information content (AvgIpc) is 2.84. The van der Waals surface area contributed by atoms with E-state index in [0.29, 0.717) is 23.6 Å². The molecule has 2 aromatic carbocycles. The highest BCUT2D eigenvalue weighted by Gasteiger charge is 2.55. The molecule has 33 heavy (non-hydrogen) atoms. The van der Waals surface area contributed by atoms with Crippen LogP contribution in [0.15, 0.2) is 72.9 Å². The van der Waals surface area contributed by atoms with Crippen molar-refractivity contribution in [2.24, 2.45) is 0 Å². The maximum Gasteiger partial charge on any atom is 0.258 e. The summed E-state index contributed by atoms with van der Waals surface area (Å²) in [7, 11) is 1.59. The number of rotatable bonds is 5. The topological polar surface area (TPSA) is 83.0 Å². The zero-order chi connectivity index (χ0) is 22.9. The SMILES string of the molecule is COc1ccc(C(=O)N2C[C@H]3[C@@H](c4ccccc42)[C@H](CO)N3C(=O)Cc2ccccn2)cc1. The second-order valence-electron chi connectivity index (χ2n) is 8.34. The van der Waals surface area contributed by atoms with Crippen LogP contribution in [0.5, 0.6) is 5.75 Å². The number of hydrogen-bond acceptors (Lipinski definition) is 5. The molecule has 1 fully saturated rings. The predicted octanol–water partition coefficient (Wildman–Crippen LogP) is 2.65. The Hall–Kier alpha value is -3.71. The fourth-order valence-corrected chi connectivity index (χ4v) is 5.07. The van der Waals surface area contributed by atoms with Gasteiger partial charge in [-0.15, -0.1) is 0 Å². The lowest BCUT2D eigenvalue weighted by Crippen LogP contribution is -2.71. The first-order valence-electron chi connectivity index (χ1n) is 11.0. The highest BCUT2D eigenvalue weighted by atomic mass is 16.5. The van der Waals surface area contributed by atoms with Crippen LogP contribution in [0.3, 0.4) is 0 Å². The van der Waals surface area contributed by atoms with E-state index in [1.165, 1.54) is 0 Å². The third kappa shape index (κ3) is 3.64. The number of carbonyl (C=O) groups is 2. The molecule has 5 rings (SSSR count). The Labute approximate surface area is 192 Å². The normalized spacial score (nSPS) is 21.0. The number of anilines is 1. The van der Waals surface area contributed by atoms with Gasteiger partial charge >= 0.3 is 0 Å². The van der Waals surface area contributed by atoms with Gasteiger partial charge in [-0.1, -0.05) is 24.3 Å². The zero-order valence-electron chi connectivity index (χ0n) is 18.3. The van der Waals surface area contributed by atoms with Crippen LogP contribution in [0, 0.1) is 0 Å². The van der Waals surface area contributed by atoms with Gasteiger partial charge in [0.1, 0.15) is 5.75 Å². The van der Waals surface area contributed by atoms with Gasteiger partial charge in [-0.3, -0.25) is 14.6 Å². The van der Waals surface area contributed by atoms with Gasteiger partial charge in [0.2, 0.25) is 5.91 Å². The Balaban J connectivity index is 1.46. The molecule has 0 radical (unpaired) electrons. The van der Waals surface area contributed by atoms with E-state index in [1.807, 2.05) is 42.5 Å². The standard InChI is InChI=1S/C26H25N3O4/c1-33-19-11-9-17(10-12-19)26(32)28-15-22-25(20-7-2-3-8-21(20)28)23(16-30)29(22)24(31)14-18-6-4-5-13-27-18/h2-13,22-23,25,30H,14-16H2,1H3/t22-,23-,25+/m0/s1. The first-order chi connectivity index (χ1) is 16.1. The minimum Gasteiger partial charge on any atom is -0.497 e. The molecular weight excluding hydrogens is 418 g/mol. The van der Waals surface area contributed by atoms with Crippen LogP contribution >= 0.6 is 0 Å². The van der Waals surface area contributed by atoms with E-state index in [-0.39, 0.29) is 42.8 Å². The number of likely N-dealkylation sites (tertiary alicyclic amines) is 1. The van der Waals surface area contributed by atoms with Gasteiger partial charge in [0.05, 0.1) is 32.2 Å². The molecule has 7 heteroatoms. The minimum atomic E-state index is -0.314. The van der Waals surface area contributed by atoms with Crippen molar-refractivity contribution in [3.05, 3.63) is 89.7 Å². The smallest absolute Gasteiger partial charge is 0.258 e. The summed E-state index contributed by atoms with van der Waals surface area (Å²) < 4.78 is 5.21. The van der Waals surface area contributed by atoms with Crippen LogP contribution < -0.4 is 9.64 Å². The molecule has 0 spiro atoms. The largest absolute Gasteiger partial charge is 0.497 e. The summed E-state index contributed by atoms with van der Waals surface area (Å²) in [5.74, 6) is 0.443. The molecule has 2 amide bonds. The van der Waals surface area contributed by atoms with E-state index >= 15 is 0 Å². The molecule has 2 aliphatic heterocycles. The van der Waals surface area contributed by atoms with Crippen molar-refractivity contribution >= 4 is 17.5 Å². The fraction of sp³-hybridized carbons (Fsp3) is 0.269. The molecule has 2 aliphatic rings. The molecule has 1 N–H and O–H groups in total. The number of aromatic nitrogens is 1. The van der Waals surface area contributed by atoms with Gasteiger partial charge in [0.25, 0.3) is 5.91 Å². The monoisotopic (exact) mass is 443 g/mol. The summed E-state index contributed by atoms with van der Waals surface area (Å²) in [6, 6.07) is 19.8. The van der Waals surface area contributed by atoms with Crippen molar-refractivity contribution in [2.75, 3.05) is 25.2 Å². The van der Waals surface area contributed by atoms with Gasteiger partial charge in [0.15, 0.2) is 0 Å². The number of carbonyl (C=O) groups excluding carboxylic acids is 2. The number of benzene rings is 2. The Morgan fingerprint density at radius 2 is 1.82 bits per heavy atom. The molecular formula is C26H25N3O4. The first-order valence-corrected chi connectivity index (χ1v) is 11.0. The molecule has 0 bridgehead atoms. The maximum absolute atomic E-state index is 13.5. The second-order valence-corrected chi connectivity index (χ2v) is 8.34. The summed E-state index contributed by atoms with van der Waals surface area (Å²) in [5, 5.41) is 10.1.